The normalized spacial score (nSPS) is 28.4. The lowest BCUT2D eigenvalue weighted by Gasteiger charge is -2.36. The number of amides is 1. The van der Waals surface area contributed by atoms with Crippen LogP contribution in [0.1, 0.15) is 26.7 Å². The van der Waals surface area contributed by atoms with Gasteiger partial charge in [-0.25, -0.2) is 0 Å². The second-order valence-electron chi connectivity index (χ2n) is 4.22. The zero-order chi connectivity index (χ0) is 10.7. The Morgan fingerprint density at radius 1 is 1.57 bits per heavy atom. The molecule has 3 atom stereocenters. The quantitative estimate of drug-likeness (QED) is 0.671. The van der Waals surface area contributed by atoms with Crippen LogP contribution in [0.25, 0.3) is 0 Å². The van der Waals surface area contributed by atoms with E-state index in [0.29, 0.717) is 6.54 Å². The molecule has 1 aliphatic heterocycles. The fraction of sp³-hybridized carbons (Fsp3) is 0.900. The van der Waals surface area contributed by atoms with Crippen LogP contribution in [0, 0.1) is 5.92 Å². The first-order valence-corrected chi connectivity index (χ1v) is 5.23. The Balaban J connectivity index is 2.51. The Labute approximate surface area is 85.1 Å². The monoisotopic (exact) mass is 200 g/mol. The standard InChI is InChI=1S/C10H20N2O2/c1-7(8(2)13)12-5-3-4-9(6-12)10(11)14/h7-9,13H,3-6H2,1-2H3,(H2,11,14). The highest BCUT2D eigenvalue weighted by Crippen LogP contribution is 2.19. The molecule has 0 radical (unpaired) electrons. The maximum absolute atomic E-state index is 11.0. The predicted octanol–water partition coefficient (Wildman–Crippen LogP) is -0.0470. The summed E-state index contributed by atoms with van der Waals surface area (Å²) in [5.41, 5.74) is 5.28. The van der Waals surface area contributed by atoms with Gasteiger partial charge in [0, 0.05) is 12.6 Å². The number of nitrogens with zero attached hydrogens (tertiary/aromatic N) is 1. The van der Waals surface area contributed by atoms with Gasteiger partial charge < -0.3 is 10.8 Å². The zero-order valence-corrected chi connectivity index (χ0v) is 8.94. The van der Waals surface area contributed by atoms with Gasteiger partial charge in [0.15, 0.2) is 0 Å². The van der Waals surface area contributed by atoms with Crippen LogP contribution in [0.3, 0.4) is 0 Å². The molecule has 1 fully saturated rings. The lowest BCUT2D eigenvalue weighted by Crippen LogP contribution is -2.48. The summed E-state index contributed by atoms with van der Waals surface area (Å²) < 4.78 is 0. The second-order valence-corrected chi connectivity index (χ2v) is 4.22. The van der Waals surface area contributed by atoms with Gasteiger partial charge >= 0.3 is 0 Å². The van der Waals surface area contributed by atoms with Gasteiger partial charge in [0.05, 0.1) is 12.0 Å². The fourth-order valence-electron chi connectivity index (χ4n) is 1.91. The summed E-state index contributed by atoms with van der Waals surface area (Å²) in [6.45, 7) is 5.41. The van der Waals surface area contributed by atoms with Crippen molar-refractivity contribution in [3.63, 3.8) is 0 Å². The number of likely N-dealkylation sites (tertiary alicyclic amines) is 1. The minimum Gasteiger partial charge on any atom is -0.392 e. The molecule has 1 saturated heterocycles. The van der Waals surface area contributed by atoms with Crippen LogP contribution in [0.2, 0.25) is 0 Å². The molecule has 0 aliphatic carbocycles. The highest BCUT2D eigenvalue weighted by Gasteiger charge is 2.28. The third kappa shape index (κ3) is 2.69. The molecule has 3 N–H and O–H groups in total. The Morgan fingerprint density at radius 2 is 2.21 bits per heavy atom. The van der Waals surface area contributed by atoms with Gasteiger partial charge in [-0.15, -0.1) is 0 Å². The van der Waals surface area contributed by atoms with E-state index in [2.05, 4.69) is 4.90 Å². The smallest absolute Gasteiger partial charge is 0.221 e. The van der Waals surface area contributed by atoms with Gasteiger partial charge in [-0.3, -0.25) is 9.69 Å². The SMILES string of the molecule is CC(O)C(C)N1CCCC(C(N)=O)C1. The highest BCUT2D eigenvalue weighted by atomic mass is 16.3. The van der Waals surface area contributed by atoms with Crippen molar-refractivity contribution >= 4 is 5.91 Å². The van der Waals surface area contributed by atoms with Crippen molar-refractivity contribution in [2.45, 2.75) is 38.8 Å². The van der Waals surface area contributed by atoms with Crippen LogP contribution in [-0.4, -0.2) is 41.1 Å². The summed E-state index contributed by atoms with van der Waals surface area (Å²) in [7, 11) is 0. The molecule has 1 amide bonds. The number of aliphatic hydroxyl groups is 1. The molecule has 0 spiro atoms. The molecular formula is C10H20N2O2. The first kappa shape index (κ1) is 11.5. The van der Waals surface area contributed by atoms with Crippen molar-refractivity contribution in [1.82, 2.24) is 4.90 Å². The molecule has 82 valence electrons. The van der Waals surface area contributed by atoms with E-state index >= 15 is 0 Å². The molecule has 0 saturated carbocycles. The predicted molar refractivity (Wildman–Crippen MR) is 54.6 cm³/mol. The van der Waals surface area contributed by atoms with Crippen molar-refractivity contribution in [3.05, 3.63) is 0 Å². The summed E-state index contributed by atoms with van der Waals surface area (Å²) in [5.74, 6) is -0.252. The van der Waals surface area contributed by atoms with Crippen molar-refractivity contribution in [1.29, 1.82) is 0 Å². The van der Waals surface area contributed by atoms with Gasteiger partial charge in [-0.2, -0.15) is 0 Å². The molecule has 4 nitrogen and oxygen atoms in total. The van der Waals surface area contributed by atoms with E-state index < -0.39 is 0 Å². The van der Waals surface area contributed by atoms with E-state index in [0.717, 1.165) is 19.4 Å². The Kier molecular flexibility index (Phi) is 3.89. The van der Waals surface area contributed by atoms with Gasteiger partial charge in [0.2, 0.25) is 5.91 Å². The summed E-state index contributed by atoms with van der Waals surface area (Å²) in [6, 6.07) is 0.108. The number of carbonyl (C=O) groups is 1. The molecule has 1 aliphatic rings. The van der Waals surface area contributed by atoms with Crippen molar-refractivity contribution < 1.29 is 9.90 Å². The number of rotatable bonds is 3. The van der Waals surface area contributed by atoms with Crippen LogP contribution in [-0.2, 0) is 4.79 Å². The van der Waals surface area contributed by atoms with Gasteiger partial charge in [0.25, 0.3) is 0 Å². The largest absolute Gasteiger partial charge is 0.392 e. The summed E-state index contributed by atoms with van der Waals surface area (Å²) >= 11 is 0. The number of primary amides is 1. The average molecular weight is 200 g/mol. The molecule has 14 heavy (non-hydrogen) atoms. The molecule has 0 bridgehead atoms. The molecule has 0 aromatic rings. The van der Waals surface area contributed by atoms with E-state index in [1.807, 2.05) is 6.92 Å². The summed E-state index contributed by atoms with van der Waals surface area (Å²) in [6.07, 6.45) is 1.52. The Hall–Kier alpha value is -0.610. The first-order chi connectivity index (χ1) is 6.52. The summed E-state index contributed by atoms with van der Waals surface area (Å²) in [5, 5.41) is 9.44. The maximum Gasteiger partial charge on any atom is 0.221 e. The van der Waals surface area contributed by atoms with E-state index in [1.165, 1.54) is 0 Å². The molecule has 1 heterocycles. The summed E-state index contributed by atoms with van der Waals surface area (Å²) in [4.78, 5) is 13.2. The van der Waals surface area contributed by atoms with E-state index in [1.54, 1.807) is 6.92 Å². The Bertz CT molecular complexity index is 206. The highest BCUT2D eigenvalue weighted by molar-refractivity contribution is 5.76. The Morgan fingerprint density at radius 3 is 2.71 bits per heavy atom. The minimum atomic E-state index is -0.360. The average Bonchev–Trinajstić information content (AvgIpc) is 2.16. The third-order valence-electron chi connectivity index (χ3n) is 3.13. The number of carbonyl (C=O) groups excluding carboxylic acids is 1. The van der Waals surface area contributed by atoms with Gasteiger partial charge in [-0.1, -0.05) is 0 Å². The van der Waals surface area contributed by atoms with Crippen molar-refractivity contribution in [3.8, 4) is 0 Å². The molecule has 0 aromatic heterocycles. The molecule has 3 unspecified atom stereocenters. The van der Waals surface area contributed by atoms with Crippen LogP contribution in [0.15, 0.2) is 0 Å². The third-order valence-corrected chi connectivity index (χ3v) is 3.13. The lowest BCUT2D eigenvalue weighted by atomic mass is 9.95. The zero-order valence-electron chi connectivity index (χ0n) is 8.94. The van der Waals surface area contributed by atoms with Crippen LogP contribution in [0.5, 0.6) is 0 Å². The van der Waals surface area contributed by atoms with Crippen LogP contribution < -0.4 is 5.73 Å². The second kappa shape index (κ2) is 4.75. The minimum absolute atomic E-state index is 0.0371. The first-order valence-electron chi connectivity index (χ1n) is 5.23. The molecule has 0 aromatic carbocycles. The van der Waals surface area contributed by atoms with E-state index in [9.17, 15) is 9.90 Å². The van der Waals surface area contributed by atoms with E-state index in [4.69, 9.17) is 5.73 Å². The topological polar surface area (TPSA) is 66.6 Å². The lowest BCUT2D eigenvalue weighted by molar-refractivity contribution is -0.124. The molecule has 1 rings (SSSR count). The van der Waals surface area contributed by atoms with Gasteiger partial charge in [0.1, 0.15) is 0 Å². The van der Waals surface area contributed by atoms with Crippen molar-refractivity contribution in [2.75, 3.05) is 13.1 Å². The number of hydrogen-bond donors (Lipinski definition) is 2. The van der Waals surface area contributed by atoms with Crippen LogP contribution >= 0.6 is 0 Å². The number of hydrogen-bond acceptors (Lipinski definition) is 3. The van der Waals surface area contributed by atoms with E-state index in [-0.39, 0.29) is 24.0 Å². The van der Waals surface area contributed by atoms with Crippen LogP contribution in [0.4, 0.5) is 0 Å². The number of aliphatic hydroxyl groups excluding tert-OH is 1. The fourth-order valence-corrected chi connectivity index (χ4v) is 1.91. The maximum atomic E-state index is 11.0. The number of nitrogens with two attached hydrogens (primary N) is 1. The molecular weight excluding hydrogens is 180 g/mol. The van der Waals surface area contributed by atoms with Gasteiger partial charge in [-0.05, 0) is 33.2 Å². The number of piperidine rings is 1. The molecule has 4 heteroatoms. The van der Waals surface area contributed by atoms with Crippen molar-refractivity contribution in [2.24, 2.45) is 11.7 Å².